The molecule has 0 saturated heterocycles. The number of hydrogen-bond donors (Lipinski definition) is 1. The van der Waals surface area contributed by atoms with Crippen LogP contribution in [0.5, 0.6) is 0 Å². The molecule has 34 heavy (non-hydrogen) atoms. The summed E-state index contributed by atoms with van der Waals surface area (Å²) >= 11 is 6.20. The Balaban J connectivity index is 1.57. The van der Waals surface area contributed by atoms with Crippen LogP contribution < -0.4 is 5.32 Å². The molecule has 0 fully saturated rings. The predicted octanol–water partition coefficient (Wildman–Crippen LogP) is 5.24. The van der Waals surface area contributed by atoms with E-state index in [1.807, 2.05) is 66.7 Å². The van der Waals surface area contributed by atoms with Gasteiger partial charge in [-0.3, -0.25) is 14.5 Å². The van der Waals surface area contributed by atoms with Gasteiger partial charge in [-0.05, 0) is 35.9 Å². The van der Waals surface area contributed by atoms with Gasteiger partial charge in [0, 0.05) is 40.5 Å². The van der Waals surface area contributed by atoms with Gasteiger partial charge >= 0.3 is 0 Å². The van der Waals surface area contributed by atoms with Crippen LogP contribution in [0.4, 0.5) is 0 Å². The van der Waals surface area contributed by atoms with Crippen molar-refractivity contribution < 1.29 is 4.79 Å². The minimum atomic E-state index is -0.305. The van der Waals surface area contributed by atoms with Gasteiger partial charge < -0.3 is 5.32 Å². The molecule has 0 spiro atoms. The largest absolute Gasteiger partial charge is 0.345 e. The molecule has 1 atom stereocenters. The second-order valence-corrected chi connectivity index (χ2v) is 8.04. The molecular formula is C27H22ClN5O. The molecule has 0 aliphatic heterocycles. The van der Waals surface area contributed by atoms with Crippen LogP contribution in [0.2, 0.25) is 5.02 Å². The summed E-state index contributed by atoms with van der Waals surface area (Å²) in [4.78, 5) is 17.3. The number of benzene rings is 2. The van der Waals surface area contributed by atoms with Crippen LogP contribution in [0, 0.1) is 11.3 Å². The van der Waals surface area contributed by atoms with E-state index in [0.29, 0.717) is 11.4 Å². The lowest BCUT2D eigenvalue weighted by Crippen LogP contribution is -2.28. The van der Waals surface area contributed by atoms with Gasteiger partial charge in [0.1, 0.15) is 6.54 Å². The average Bonchev–Trinajstić information content (AvgIpc) is 3.26. The Morgan fingerprint density at radius 3 is 2.68 bits per heavy atom. The Kier molecular flexibility index (Phi) is 7.49. The number of aromatic nitrogens is 3. The summed E-state index contributed by atoms with van der Waals surface area (Å²) in [5.41, 5.74) is 4.21. The summed E-state index contributed by atoms with van der Waals surface area (Å²) < 4.78 is 1.63. The summed E-state index contributed by atoms with van der Waals surface area (Å²) in [5, 5.41) is 17.2. The van der Waals surface area contributed by atoms with Crippen molar-refractivity contribution in [2.24, 2.45) is 0 Å². The van der Waals surface area contributed by atoms with Gasteiger partial charge in [-0.2, -0.15) is 10.4 Å². The molecule has 2 aromatic heterocycles. The standard InChI is InChI=1S/C27H22ClN5O/c28-23-10-6-9-21(17-23)25(18-24-11-4-5-15-30-24)32-26(34)13-12-22-19-31-33(16-14-29)27(22)20-7-2-1-3-8-20/h1-13,15,17,19,25H,16,18H2,(H,32,34)/b13-12+. The maximum absolute atomic E-state index is 12.9. The van der Waals surface area contributed by atoms with Crippen LogP contribution in [0.15, 0.2) is 91.3 Å². The van der Waals surface area contributed by atoms with Crippen molar-refractivity contribution >= 4 is 23.6 Å². The Morgan fingerprint density at radius 1 is 1.12 bits per heavy atom. The fourth-order valence-corrected chi connectivity index (χ4v) is 3.91. The number of rotatable bonds is 8. The molecule has 1 unspecified atom stereocenters. The summed E-state index contributed by atoms with van der Waals surface area (Å²) in [7, 11) is 0. The topological polar surface area (TPSA) is 83.6 Å². The molecule has 4 aromatic rings. The van der Waals surface area contributed by atoms with Crippen LogP contribution in [-0.4, -0.2) is 20.7 Å². The van der Waals surface area contributed by atoms with Crippen LogP contribution in [0.1, 0.15) is 22.9 Å². The van der Waals surface area contributed by atoms with Crippen molar-refractivity contribution in [3.8, 4) is 17.3 Å². The van der Waals surface area contributed by atoms with E-state index in [2.05, 4.69) is 21.5 Å². The number of nitrogens with one attached hydrogen (secondary N) is 1. The molecule has 6 nitrogen and oxygen atoms in total. The van der Waals surface area contributed by atoms with Gasteiger partial charge in [0.25, 0.3) is 0 Å². The second kappa shape index (κ2) is 11.1. The van der Waals surface area contributed by atoms with E-state index in [9.17, 15) is 4.79 Å². The third kappa shape index (κ3) is 5.77. The molecular weight excluding hydrogens is 446 g/mol. The van der Waals surface area contributed by atoms with Crippen LogP contribution >= 0.6 is 11.6 Å². The fraction of sp³-hybridized carbons (Fsp3) is 0.111. The first-order valence-corrected chi connectivity index (χ1v) is 11.1. The molecule has 2 heterocycles. The van der Waals surface area contributed by atoms with Gasteiger partial charge in [0.05, 0.1) is 24.0 Å². The number of pyridine rings is 1. The van der Waals surface area contributed by atoms with E-state index in [1.165, 1.54) is 6.08 Å². The summed E-state index contributed by atoms with van der Waals surface area (Å²) in [6, 6.07) is 24.6. The zero-order valence-electron chi connectivity index (χ0n) is 18.3. The Hall–Kier alpha value is -4.21. The maximum atomic E-state index is 12.9. The molecule has 0 radical (unpaired) electrons. The molecule has 0 bridgehead atoms. The molecule has 0 aliphatic carbocycles. The maximum Gasteiger partial charge on any atom is 0.244 e. The lowest BCUT2D eigenvalue weighted by Gasteiger charge is -2.18. The molecule has 1 N–H and O–H groups in total. The Morgan fingerprint density at radius 2 is 1.94 bits per heavy atom. The van der Waals surface area contributed by atoms with E-state index in [0.717, 1.165) is 28.1 Å². The van der Waals surface area contributed by atoms with E-state index in [1.54, 1.807) is 29.2 Å². The van der Waals surface area contributed by atoms with Gasteiger partial charge in [0.2, 0.25) is 5.91 Å². The second-order valence-electron chi connectivity index (χ2n) is 7.61. The predicted molar refractivity (Wildman–Crippen MR) is 133 cm³/mol. The minimum Gasteiger partial charge on any atom is -0.345 e. The smallest absolute Gasteiger partial charge is 0.244 e. The Labute approximate surface area is 203 Å². The van der Waals surface area contributed by atoms with Crippen molar-refractivity contribution in [2.45, 2.75) is 19.0 Å². The first kappa shape index (κ1) is 23.0. The molecule has 1 amide bonds. The number of nitrogens with zero attached hydrogens (tertiary/aromatic N) is 4. The normalized spacial score (nSPS) is 11.8. The highest BCUT2D eigenvalue weighted by Crippen LogP contribution is 2.25. The van der Waals surface area contributed by atoms with Crippen LogP contribution in [-0.2, 0) is 17.8 Å². The van der Waals surface area contributed by atoms with Gasteiger partial charge in [-0.25, -0.2) is 0 Å². The Bertz CT molecular complexity index is 1330. The highest BCUT2D eigenvalue weighted by molar-refractivity contribution is 6.30. The van der Waals surface area contributed by atoms with E-state index in [4.69, 9.17) is 16.9 Å². The lowest BCUT2D eigenvalue weighted by molar-refractivity contribution is -0.117. The number of carbonyl (C=O) groups is 1. The first-order valence-electron chi connectivity index (χ1n) is 10.8. The minimum absolute atomic E-state index is 0.116. The average molecular weight is 468 g/mol. The van der Waals surface area contributed by atoms with E-state index in [-0.39, 0.29) is 18.5 Å². The zero-order chi connectivity index (χ0) is 23.8. The first-order chi connectivity index (χ1) is 16.6. The monoisotopic (exact) mass is 467 g/mol. The van der Waals surface area contributed by atoms with E-state index >= 15 is 0 Å². The number of halogens is 1. The third-order valence-electron chi connectivity index (χ3n) is 5.26. The number of nitriles is 1. The molecule has 0 aliphatic rings. The summed E-state index contributed by atoms with van der Waals surface area (Å²) in [5.74, 6) is -0.257. The van der Waals surface area contributed by atoms with Crippen molar-refractivity contribution in [1.29, 1.82) is 5.26 Å². The van der Waals surface area contributed by atoms with Gasteiger partial charge in [-0.1, -0.05) is 60.1 Å². The lowest BCUT2D eigenvalue weighted by atomic mass is 10.0. The molecule has 4 rings (SSSR count). The van der Waals surface area contributed by atoms with Gasteiger partial charge in [0.15, 0.2) is 0 Å². The van der Waals surface area contributed by atoms with E-state index < -0.39 is 0 Å². The molecule has 0 saturated carbocycles. The highest BCUT2D eigenvalue weighted by atomic mass is 35.5. The van der Waals surface area contributed by atoms with Crippen molar-refractivity contribution in [3.63, 3.8) is 0 Å². The molecule has 2 aromatic carbocycles. The van der Waals surface area contributed by atoms with Crippen molar-refractivity contribution in [1.82, 2.24) is 20.1 Å². The summed E-state index contributed by atoms with van der Waals surface area (Å²) in [6.07, 6.45) is 7.11. The highest BCUT2D eigenvalue weighted by Gasteiger charge is 2.16. The van der Waals surface area contributed by atoms with Gasteiger partial charge in [-0.15, -0.1) is 0 Å². The quantitative estimate of drug-likeness (QED) is 0.359. The van der Waals surface area contributed by atoms with Crippen LogP contribution in [0.3, 0.4) is 0 Å². The summed E-state index contributed by atoms with van der Waals surface area (Å²) in [6.45, 7) is 0.116. The van der Waals surface area contributed by atoms with Crippen molar-refractivity contribution in [2.75, 3.05) is 0 Å². The SMILES string of the molecule is N#CCn1ncc(/C=C/C(=O)NC(Cc2ccccn2)c2cccc(Cl)c2)c1-c1ccccc1. The molecule has 168 valence electrons. The molecule has 7 heteroatoms. The van der Waals surface area contributed by atoms with Crippen molar-refractivity contribution in [3.05, 3.63) is 113 Å². The number of amides is 1. The number of carbonyl (C=O) groups excluding carboxylic acids is 1. The number of hydrogen-bond acceptors (Lipinski definition) is 4. The fourth-order valence-electron chi connectivity index (χ4n) is 3.71. The zero-order valence-corrected chi connectivity index (χ0v) is 19.1. The third-order valence-corrected chi connectivity index (χ3v) is 5.49. The van der Waals surface area contributed by atoms with Crippen LogP contribution in [0.25, 0.3) is 17.3 Å².